The van der Waals surface area contributed by atoms with Crippen molar-refractivity contribution in [3.05, 3.63) is 105 Å². The maximum absolute atomic E-state index is 13.2. The molecule has 3 aromatic carbocycles. The van der Waals surface area contributed by atoms with Crippen LogP contribution in [-0.4, -0.2) is 15.7 Å². The van der Waals surface area contributed by atoms with E-state index in [9.17, 15) is 14.9 Å². The Hall–Kier alpha value is -3.38. The van der Waals surface area contributed by atoms with Crippen molar-refractivity contribution in [2.24, 2.45) is 0 Å². The fraction of sp³-hybridized carbons (Fsp3) is 0.0952. The Bertz CT molecular complexity index is 1060. The van der Waals surface area contributed by atoms with Crippen LogP contribution in [0.1, 0.15) is 27.7 Å². The number of hydrogen-bond donors (Lipinski definition) is 1. The van der Waals surface area contributed by atoms with Crippen molar-refractivity contribution < 1.29 is 9.72 Å². The van der Waals surface area contributed by atoms with Gasteiger partial charge in [0.25, 0.3) is 11.6 Å². The molecule has 0 saturated carbocycles. The highest BCUT2D eigenvalue weighted by molar-refractivity contribution is 6.32. The van der Waals surface area contributed by atoms with Crippen molar-refractivity contribution in [2.45, 2.75) is 12.7 Å². The van der Waals surface area contributed by atoms with E-state index in [1.165, 1.54) is 12.1 Å². The van der Waals surface area contributed by atoms with Gasteiger partial charge in [0, 0.05) is 23.9 Å². The summed E-state index contributed by atoms with van der Waals surface area (Å²) in [5.74, 6) is -0.138. The fourth-order valence-electron chi connectivity index (χ4n) is 3.34. The predicted octanol–water partition coefficient (Wildman–Crippen LogP) is 5.01. The second-order valence-electron chi connectivity index (χ2n) is 6.48. The Kier molecular flexibility index (Phi) is 4.71. The van der Waals surface area contributed by atoms with Gasteiger partial charge in [0.1, 0.15) is 11.2 Å². The first-order chi connectivity index (χ1) is 13.5. The molecular formula is C21H16ClN3O3. The highest BCUT2D eigenvalue weighted by Crippen LogP contribution is 2.36. The molecular weight excluding hydrogens is 378 g/mol. The third kappa shape index (κ3) is 3.30. The normalized spacial score (nSPS) is 15.7. The van der Waals surface area contributed by atoms with Gasteiger partial charge in [-0.1, -0.05) is 60.1 Å². The molecule has 0 fully saturated rings. The summed E-state index contributed by atoms with van der Waals surface area (Å²) in [7, 11) is 0. The Morgan fingerprint density at radius 1 is 1.04 bits per heavy atom. The number of fused-ring (bicyclic) bond motifs is 1. The second kappa shape index (κ2) is 7.32. The quantitative estimate of drug-likeness (QED) is 0.499. The van der Waals surface area contributed by atoms with Crippen LogP contribution in [0.4, 0.5) is 11.4 Å². The molecule has 1 atom stereocenters. The van der Waals surface area contributed by atoms with Crippen LogP contribution in [0.15, 0.2) is 72.8 Å². The van der Waals surface area contributed by atoms with Crippen molar-refractivity contribution in [1.82, 2.24) is 4.90 Å². The third-order valence-corrected chi connectivity index (χ3v) is 5.02. The van der Waals surface area contributed by atoms with Crippen LogP contribution >= 0.6 is 11.6 Å². The van der Waals surface area contributed by atoms with E-state index < -0.39 is 11.1 Å². The molecule has 1 amide bonds. The number of anilines is 1. The topological polar surface area (TPSA) is 75.5 Å². The van der Waals surface area contributed by atoms with Gasteiger partial charge in [0.05, 0.1) is 10.5 Å². The molecule has 7 heteroatoms. The van der Waals surface area contributed by atoms with Gasteiger partial charge in [-0.15, -0.1) is 0 Å². The first-order valence-electron chi connectivity index (χ1n) is 8.69. The van der Waals surface area contributed by atoms with Crippen molar-refractivity contribution in [1.29, 1.82) is 0 Å². The second-order valence-corrected chi connectivity index (χ2v) is 6.89. The number of carbonyl (C=O) groups excluding carboxylic acids is 1. The maximum atomic E-state index is 13.2. The first kappa shape index (κ1) is 18.0. The summed E-state index contributed by atoms with van der Waals surface area (Å²) in [5, 5.41) is 14.7. The van der Waals surface area contributed by atoms with Gasteiger partial charge in [0.2, 0.25) is 0 Å². The zero-order valence-corrected chi connectivity index (χ0v) is 15.5. The Labute approximate surface area is 166 Å². The van der Waals surface area contributed by atoms with Crippen LogP contribution < -0.4 is 5.32 Å². The number of halogens is 1. The number of amides is 1. The number of carbonyl (C=O) groups is 1. The molecule has 0 radical (unpaired) electrons. The zero-order valence-electron chi connectivity index (χ0n) is 14.7. The van der Waals surface area contributed by atoms with Gasteiger partial charge < -0.3 is 10.2 Å². The number of nitrogens with zero attached hydrogens (tertiary/aromatic N) is 2. The Morgan fingerprint density at radius 2 is 1.75 bits per heavy atom. The summed E-state index contributed by atoms with van der Waals surface area (Å²) in [6.07, 6.45) is -0.557. The van der Waals surface area contributed by atoms with Crippen LogP contribution in [0, 0.1) is 10.1 Å². The summed E-state index contributed by atoms with van der Waals surface area (Å²) in [6.45, 7) is 0.363. The minimum Gasteiger partial charge on any atom is -0.361 e. The van der Waals surface area contributed by atoms with E-state index in [1.807, 2.05) is 48.5 Å². The summed E-state index contributed by atoms with van der Waals surface area (Å²) < 4.78 is 0. The van der Waals surface area contributed by atoms with Crippen LogP contribution in [0.3, 0.4) is 0 Å². The van der Waals surface area contributed by atoms with Gasteiger partial charge in [0.15, 0.2) is 0 Å². The third-order valence-electron chi connectivity index (χ3n) is 4.70. The average molecular weight is 394 g/mol. The largest absolute Gasteiger partial charge is 0.361 e. The molecule has 0 aromatic heterocycles. The first-order valence-corrected chi connectivity index (χ1v) is 9.06. The summed E-state index contributed by atoms with van der Waals surface area (Å²) in [6, 6.07) is 21.5. The van der Waals surface area contributed by atoms with Crippen molar-refractivity contribution in [3.8, 4) is 0 Å². The number of nitro groups is 1. The molecule has 1 unspecified atom stereocenters. The van der Waals surface area contributed by atoms with E-state index >= 15 is 0 Å². The summed E-state index contributed by atoms with van der Waals surface area (Å²) in [5.41, 5.74) is 2.63. The van der Waals surface area contributed by atoms with Crippen LogP contribution in [0.25, 0.3) is 0 Å². The van der Waals surface area contributed by atoms with Gasteiger partial charge in [-0.2, -0.15) is 0 Å². The Morgan fingerprint density at radius 3 is 2.50 bits per heavy atom. The molecule has 140 valence electrons. The molecule has 4 rings (SSSR count). The number of para-hydroxylation sites is 1. The standard InChI is InChI=1S/C21H16ClN3O3/c22-17-11-10-15(12-19(17)25(27)28)20-23-18-9-5-4-8-16(18)21(26)24(20)13-14-6-2-1-3-7-14/h1-12,20,23H,13H2. The van der Waals surface area contributed by atoms with Crippen LogP contribution in [-0.2, 0) is 6.54 Å². The summed E-state index contributed by atoms with van der Waals surface area (Å²) >= 11 is 5.96. The van der Waals surface area contributed by atoms with Gasteiger partial charge in [-0.3, -0.25) is 14.9 Å². The smallest absolute Gasteiger partial charge is 0.288 e. The predicted molar refractivity (Wildman–Crippen MR) is 107 cm³/mol. The van der Waals surface area contributed by atoms with E-state index in [1.54, 1.807) is 17.0 Å². The monoisotopic (exact) mass is 393 g/mol. The lowest BCUT2D eigenvalue weighted by Crippen LogP contribution is -2.42. The average Bonchev–Trinajstić information content (AvgIpc) is 2.71. The van der Waals surface area contributed by atoms with Gasteiger partial charge in [-0.25, -0.2) is 0 Å². The number of nitrogens with one attached hydrogen (secondary N) is 1. The molecule has 28 heavy (non-hydrogen) atoms. The highest BCUT2D eigenvalue weighted by atomic mass is 35.5. The Balaban J connectivity index is 1.79. The minimum absolute atomic E-state index is 0.0610. The fourth-order valence-corrected chi connectivity index (χ4v) is 3.53. The molecule has 0 saturated heterocycles. The molecule has 1 N–H and O–H groups in total. The molecule has 0 bridgehead atoms. The van der Waals surface area contributed by atoms with Gasteiger partial charge in [-0.05, 0) is 23.8 Å². The highest BCUT2D eigenvalue weighted by Gasteiger charge is 2.33. The lowest BCUT2D eigenvalue weighted by Gasteiger charge is -2.38. The van der Waals surface area contributed by atoms with Crippen LogP contribution in [0.5, 0.6) is 0 Å². The number of hydrogen-bond acceptors (Lipinski definition) is 4. The minimum atomic E-state index is -0.557. The summed E-state index contributed by atoms with van der Waals surface area (Å²) in [4.78, 5) is 25.7. The van der Waals surface area contributed by atoms with Gasteiger partial charge >= 0.3 is 0 Å². The van der Waals surface area contributed by atoms with Crippen molar-refractivity contribution in [3.63, 3.8) is 0 Å². The lowest BCUT2D eigenvalue weighted by atomic mass is 10.0. The number of rotatable bonds is 4. The van der Waals surface area contributed by atoms with E-state index in [4.69, 9.17) is 11.6 Å². The molecule has 1 aliphatic rings. The van der Waals surface area contributed by atoms with Crippen molar-refractivity contribution in [2.75, 3.05) is 5.32 Å². The zero-order chi connectivity index (χ0) is 19.7. The molecule has 1 aliphatic heterocycles. The van der Waals surface area contributed by atoms with E-state index in [-0.39, 0.29) is 16.6 Å². The maximum Gasteiger partial charge on any atom is 0.288 e. The molecule has 3 aromatic rings. The SMILES string of the molecule is O=C1c2ccccc2NC(c2ccc(Cl)c([N+](=O)[O-])c2)N1Cc1ccccc1. The number of benzene rings is 3. The van der Waals surface area contributed by atoms with E-state index in [0.29, 0.717) is 23.4 Å². The molecule has 1 heterocycles. The van der Waals surface area contributed by atoms with Crippen molar-refractivity contribution >= 4 is 28.9 Å². The van der Waals surface area contributed by atoms with E-state index in [0.717, 1.165) is 5.56 Å². The number of nitro benzene ring substituents is 1. The lowest BCUT2D eigenvalue weighted by molar-refractivity contribution is -0.384. The molecule has 6 nitrogen and oxygen atoms in total. The van der Waals surface area contributed by atoms with Crippen LogP contribution in [0.2, 0.25) is 5.02 Å². The molecule has 0 aliphatic carbocycles. The van der Waals surface area contributed by atoms with E-state index in [2.05, 4.69) is 5.32 Å². The molecule has 0 spiro atoms.